The Bertz CT molecular complexity index is 3410. The van der Waals surface area contributed by atoms with E-state index < -0.39 is 0 Å². The van der Waals surface area contributed by atoms with Crippen molar-refractivity contribution in [2.45, 2.75) is 0 Å². The predicted molar refractivity (Wildman–Crippen MR) is 242 cm³/mol. The topological polar surface area (TPSA) is 43.6 Å². The van der Waals surface area contributed by atoms with Crippen molar-refractivity contribution in [2.24, 2.45) is 0 Å². The van der Waals surface area contributed by atoms with Gasteiger partial charge >= 0.3 is 0 Å². The lowest BCUT2D eigenvalue weighted by Gasteiger charge is -2.09. The van der Waals surface area contributed by atoms with Gasteiger partial charge in [-0.1, -0.05) is 140 Å². The summed E-state index contributed by atoms with van der Waals surface area (Å²) >= 11 is 3.73. The number of hydrogen-bond acceptors (Lipinski definition) is 5. The summed E-state index contributed by atoms with van der Waals surface area (Å²) in [4.78, 5) is 14.9. The van der Waals surface area contributed by atoms with Gasteiger partial charge in [-0.05, 0) is 53.6 Å². The van der Waals surface area contributed by atoms with E-state index in [2.05, 4.69) is 126 Å². The minimum atomic E-state index is 0.664. The number of para-hydroxylation sites is 2. The van der Waals surface area contributed by atoms with Gasteiger partial charge in [0.15, 0.2) is 17.5 Å². The Kier molecular flexibility index (Phi) is 7.24. The summed E-state index contributed by atoms with van der Waals surface area (Å²) in [5.41, 5.74) is 9.05. The standard InChI is InChI=1S/C51H30N4S2/c1-3-13-31(14-4-1)49-52-50(32-15-5-2-6-16-32)54-51(53-49)34-26-28-45-41(29-34)38-27-25-33(30-46(38)56-45)35-19-11-20-39-40-21-12-24-44(48(40)57-47(35)39)55-42-22-9-7-17-36(42)37-18-8-10-23-43(37)55/h1-30H. The highest BCUT2D eigenvalue weighted by atomic mass is 32.1. The van der Waals surface area contributed by atoms with Crippen LogP contribution >= 0.6 is 22.7 Å². The molecule has 0 aliphatic heterocycles. The molecular formula is C51H30N4S2. The average molecular weight is 763 g/mol. The fourth-order valence-corrected chi connectivity index (χ4v) is 10.9. The molecule has 0 atom stereocenters. The zero-order valence-electron chi connectivity index (χ0n) is 30.4. The molecule has 0 aliphatic carbocycles. The van der Waals surface area contributed by atoms with E-state index in [1.807, 2.05) is 83.3 Å². The number of hydrogen-bond donors (Lipinski definition) is 0. The van der Waals surface area contributed by atoms with Gasteiger partial charge in [-0.3, -0.25) is 0 Å². The highest BCUT2D eigenvalue weighted by molar-refractivity contribution is 7.27. The van der Waals surface area contributed by atoms with Crippen LogP contribution in [0.2, 0.25) is 0 Å². The highest BCUT2D eigenvalue weighted by Crippen LogP contribution is 2.45. The maximum absolute atomic E-state index is 5.00. The number of nitrogens with zero attached hydrogens (tertiary/aromatic N) is 4. The molecule has 0 saturated heterocycles. The Morgan fingerprint density at radius 3 is 1.58 bits per heavy atom. The first-order valence-corrected chi connectivity index (χ1v) is 20.7. The van der Waals surface area contributed by atoms with E-state index in [-0.39, 0.29) is 0 Å². The Balaban J connectivity index is 0.985. The average Bonchev–Trinajstić information content (AvgIpc) is 3.96. The lowest BCUT2D eigenvalue weighted by atomic mass is 10.0. The molecule has 0 spiro atoms. The van der Waals surface area contributed by atoms with Crippen LogP contribution in [0.1, 0.15) is 0 Å². The molecule has 0 aliphatic rings. The molecule has 266 valence electrons. The molecule has 0 saturated carbocycles. The fourth-order valence-electron chi connectivity index (χ4n) is 8.41. The molecule has 0 fully saturated rings. The third kappa shape index (κ3) is 5.15. The number of aromatic nitrogens is 4. The molecule has 0 radical (unpaired) electrons. The quantitative estimate of drug-likeness (QED) is 0.175. The summed E-state index contributed by atoms with van der Waals surface area (Å²) in [6, 6.07) is 64.9. The number of fused-ring (bicyclic) bond motifs is 9. The van der Waals surface area contributed by atoms with Crippen LogP contribution in [0.15, 0.2) is 182 Å². The van der Waals surface area contributed by atoms with Crippen LogP contribution in [0.5, 0.6) is 0 Å². The molecule has 4 aromatic heterocycles. The van der Waals surface area contributed by atoms with Crippen molar-refractivity contribution in [3.05, 3.63) is 182 Å². The van der Waals surface area contributed by atoms with E-state index in [0.29, 0.717) is 17.5 Å². The van der Waals surface area contributed by atoms with Crippen LogP contribution in [-0.2, 0) is 0 Å². The smallest absolute Gasteiger partial charge is 0.164 e. The van der Waals surface area contributed by atoms with Crippen molar-refractivity contribution in [3.63, 3.8) is 0 Å². The van der Waals surface area contributed by atoms with Crippen LogP contribution < -0.4 is 0 Å². The second-order valence-corrected chi connectivity index (χ2v) is 16.5. The summed E-state index contributed by atoms with van der Waals surface area (Å²) in [7, 11) is 0. The van der Waals surface area contributed by atoms with Gasteiger partial charge in [0.25, 0.3) is 0 Å². The second kappa shape index (κ2) is 12.8. The minimum Gasteiger partial charge on any atom is -0.308 e. The van der Waals surface area contributed by atoms with Crippen LogP contribution in [-0.4, -0.2) is 19.5 Å². The first kappa shape index (κ1) is 32.3. The Labute approximate surface area is 335 Å². The maximum atomic E-state index is 5.00. The molecule has 0 bridgehead atoms. The maximum Gasteiger partial charge on any atom is 0.164 e. The van der Waals surface area contributed by atoms with Crippen molar-refractivity contribution in [3.8, 4) is 51.0 Å². The SMILES string of the molecule is c1ccc(-c2nc(-c3ccccc3)nc(-c3ccc4sc5cc(-c6cccc7c6sc6c(-n8c9ccccc9c9ccccc98)cccc67)ccc5c4c3)n2)cc1. The van der Waals surface area contributed by atoms with Crippen molar-refractivity contribution >= 4 is 84.8 Å². The summed E-state index contributed by atoms with van der Waals surface area (Å²) in [6.07, 6.45) is 0. The summed E-state index contributed by atoms with van der Waals surface area (Å²) in [6.45, 7) is 0. The number of benzene rings is 8. The minimum absolute atomic E-state index is 0.664. The van der Waals surface area contributed by atoms with Crippen molar-refractivity contribution in [1.82, 2.24) is 19.5 Å². The zero-order valence-corrected chi connectivity index (χ0v) is 32.1. The third-order valence-electron chi connectivity index (χ3n) is 11.1. The van der Waals surface area contributed by atoms with Crippen molar-refractivity contribution in [1.29, 1.82) is 0 Å². The van der Waals surface area contributed by atoms with E-state index in [1.54, 1.807) is 0 Å². The van der Waals surface area contributed by atoms with E-state index in [0.717, 1.165) is 16.7 Å². The van der Waals surface area contributed by atoms with Gasteiger partial charge in [-0.25, -0.2) is 15.0 Å². The van der Waals surface area contributed by atoms with Crippen molar-refractivity contribution < 1.29 is 0 Å². The Hall–Kier alpha value is -6.99. The lowest BCUT2D eigenvalue weighted by molar-refractivity contribution is 1.07. The van der Waals surface area contributed by atoms with Gasteiger partial charge in [0.05, 0.1) is 21.4 Å². The summed E-state index contributed by atoms with van der Waals surface area (Å²) < 4.78 is 7.55. The summed E-state index contributed by atoms with van der Waals surface area (Å²) in [5.74, 6) is 1.99. The van der Waals surface area contributed by atoms with Crippen LogP contribution in [0.4, 0.5) is 0 Å². The van der Waals surface area contributed by atoms with Gasteiger partial charge < -0.3 is 4.57 Å². The van der Waals surface area contributed by atoms with Crippen molar-refractivity contribution in [2.75, 3.05) is 0 Å². The fraction of sp³-hybridized carbons (Fsp3) is 0. The van der Waals surface area contributed by atoms with Gasteiger partial charge in [-0.15, -0.1) is 22.7 Å². The van der Waals surface area contributed by atoms with E-state index in [9.17, 15) is 0 Å². The zero-order chi connectivity index (χ0) is 37.5. The molecule has 4 nitrogen and oxygen atoms in total. The van der Waals surface area contributed by atoms with E-state index in [4.69, 9.17) is 15.0 Å². The van der Waals surface area contributed by atoms with Gasteiger partial charge in [-0.2, -0.15) is 0 Å². The largest absolute Gasteiger partial charge is 0.308 e. The summed E-state index contributed by atoms with van der Waals surface area (Å²) in [5, 5.41) is 7.57. The lowest BCUT2D eigenvalue weighted by Crippen LogP contribution is -2.00. The number of rotatable bonds is 5. The third-order valence-corrected chi connectivity index (χ3v) is 13.5. The van der Waals surface area contributed by atoms with Gasteiger partial charge in [0.1, 0.15) is 0 Å². The van der Waals surface area contributed by atoms with Gasteiger partial charge in [0.2, 0.25) is 0 Å². The second-order valence-electron chi connectivity index (χ2n) is 14.4. The predicted octanol–water partition coefficient (Wildman–Crippen LogP) is 14.4. The molecule has 0 N–H and O–H groups in total. The normalized spacial score (nSPS) is 11.9. The molecule has 0 amide bonds. The molecular weight excluding hydrogens is 733 g/mol. The molecule has 4 heterocycles. The molecule has 0 unspecified atom stereocenters. The molecule has 8 aromatic carbocycles. The monoisotopic (exact) mass is 762 g/mol. The molecule has 12 aromatic rings. The number of thiophene rings is 2. The molecule has 12 rings (SSSR count). The Morgan fingerprint density at radius 2 is 0.895 bits per heavy atom. The molecule has 57 heavy (non-hydrogen) atoms. The van der Waals surface area contributed by atoms with Crippen LogP contribution in [0.3, 0.4) is 0 Å². The van der Waals surface area contributed by atoms with E-state index >= 15 is 0 Å². The van der Waals surface area contributed by atoms with Gasteiger partial charge in [0, 0.05) is 63.1 Å². The first-order valence-electron chi connectivity index (χ1n) is 19.0. The van der Waals surface area contributed by atoms with E-state index in [1.165, 1.54) is 79.0 Å². The Morgan fingerprint density at radius 1 is 0.333 bits per heavy atom. The van der Waals surface area contributed by atoms with Crippen LogP contribution in [0.25, 0.3) is 113 Å². The first-order chi connectivity index (χ1) is 28.2. The highest BCUT2D eigenvalue weighted by Gasteiger charge is 2.19. The molecule has 6 heteroatoms. The van der Waals surface area contributed by atoms with Crippen LogP contribution in [0, 0.1) is 0 Å².